The normalized spacial score (nSPS) is 17.1. The number of nitrogens with two attached hydrogens (primary N) is 1. The second-order valence-corrected chi connectivity index (χ2v) is 4.36. The van der Waals surface area contributed by atoms with E-state index in [1.807, 2.05) is 0 Å². The van der Waals surface area contributed by atoms with Gasteiger partial charge in [-0.15, -0.1) is 0 Å². The van der Waals surface area contributed by atoms with Gasteiger partial charge in [0.15, 0.2) is 0 Å². The summed E-state index contributed by atoms with van der Waals surface area (Å²) >= 11 is 5.57. The molecule has 3 nitrogen and oxygen atoms in total. The Balaban J connectivity index is 2.22. The van der Waals surface area contributed by atoms with Gasteiger partial charge in [0.05, 0.1) is 5.02 Å². The topological polar surface area (TPSA) is 55.1 Å². The van der Waals surface area contributed by atoms with Gasteiger partial charge in [0.25, 0.3) is 0 Å². The fourth-order valence-corrected chi connectivity index (χ4v) is 1.64. The summed E-state index contributed by atoms with van der Waals surface area (Å²) in [4.78, 5) is 11.3. The Morgan fingerprint density at radius 2 is 2.25 bits per heavy atom. The van der Waals surface area contributed by atoms with Crippen LogP contribution in [-0.4, -0.2) is 11.9 Å². The van der Waals surface area contributed by atoms with E-state index in [-0.39, 0.29) is 5.02 Å². The van der Waals surface area contributed by atoms with Gasteiger partial charge in [-0.2, -0.15) is 0 Å². The van der Waals surface area contributed by atoms with Gasteiger partial charge in [-0.25, -0.2) is 4.39 Å². The molecule has 1 unspecified atom stereocenters. The second kappa shape index (κ2) is 4.39. The molecule has 3 N–H and O–H groups in total. The van der Waals surface area contributed by atoms with E-state index in [1.54, 1.807) is 6.07 Å². The Hall–Kier alpha value is -1.13. The Bertz CT molecular complexity index is 420. The van der Waals surface area contributed by atoms with Crippen molar-refractivity contribution in [2.24, 2.45) is 5.73 Å². The maximum absolute atomic E-state index is 13.2. The highest BCUT2D eigenvalue weighted by Gasteiger charge is 2.28. The van der Waals surface area contributed by atoms with Crippen molar-refractivity contribution in [2.45, 2.75) is 24.9 Å². The van der Waals surface area contributed by atoms with Crippen molar-refractivity contribution in [3.05, 3.63) is 34.6 Å². The molecule has 2 rings (SSSR count). The maximum atomic E-state index is 13.2. The van der Waals surface area contributed by atoms with Gasteiger partial charge in [0, 0.05) is 6.04 Å². The number of carbonyl (C=O) groups is 1. The average Bonchev–Trinajstić information content (AvgIpc) is 3.02. The van der Waals surface area contributed by atoms with Crippen LogP contribution >= 0.6 is 11.6 Å². The van der Waals surface area contributed by atoms with Crippen LogP contribution in [0.15, 0.2) is 18.2 Å². The van der Waals surface area contributed by atoms with Crippen LogP contribution in [0.5, 0.6) is 0 Å². The van der Waals surface area contributed by atoms with E-state index in [0.717, 1.165) is 12.8 Å². The minimum absolute atomic E-state index is 0.0402. The molecule has 0 aliphatic heterocycles. The predicted octanol–water partition coefficient (Wildman–Crippen LogP) is 1.76. The second-order valence-electron chi connectivity index (χ2n) is 3.95. The van der Waals surface area contributed by atoms with Crippen molar-refractivity contribution in [3.8, 4) is 0 Å². The molecule has 0 heterocycles. The van der Waals surface area contributed by atoms with Gasteiger partial charge < -0.3 is 5.73 Å². The molecule has 1 amide bonds. The minimum atomic E-state index is -0.640. The predicted molar refractivity (Wildman–Crippen MR) is 59.5 cm³/mol. The van der Waals surface area contributed by atoms with E-state index in [1.165, 1.54) is 12.1 Å². The lowest BCUT2D eigenvalue weighted by Gasteiger charge is -2.15. The molecule has 1 aromatic rings. The number of hydrogen-bond acceptors (Lipinski definition) is 2. The Morgan fingerprint density at radius 3 is 2.75 bits per heavy atom. The van der Waals surface area contributed by atoms with Gasteiger partial charge in [0.1, 0.15) is 11.9 Å². The monoisotopic (exact) mass is 242 g/mol. The van der Waals surface area contributed by atoms with Crippen molar-refractivity contribution < 1.29 is 9.18 Å². The highest BCUT2D eigenvalue weighted by atomic mass is 35.5. The van der Waals surface area contributed by atoms with Crippen molar-refractivity contribution in [3.63, 3.8) is 0 Å². The van der Waals surface area contributed by atoms with E-state index in [2.05, 4.69) is 5.32 Å². The third-order valence-corrected chi connectivity index (χ3v) is 2.85. The lowest BCUT2D eigenvalue weighted by atomic mass is 10.1. The standard InChI is InChI=1S/C11H12ClFN2O/c12-8-4-1-6(5-9(8)13)10(11(14)16)15-7-2-3-7/h1,4-5,7,10,15H,2-3H2,(H2,14,16). The van der Waals surface area contributed by atoms with E-state index < -0.39 is 17.8 Å². The molecule has 0 spiro atoms. The summed E-state index contributed by atoms with van der Waals surface area (Å²) in [5.74, 6) is -1.04. The molecule has 5 heteroatoms. The van der Waals surface area contributed by atoms with Crippen LogP contribution < -0.4 is 11.1 Å². The minimum Gasteiger partial charge on any atom is -0.368 e. The molecular formula is C11H12ClFN2O. The van der Waals surface area contributed by atoms with Crippen LogP contribution in [0.2, 0.25) is 5.02 Å². The lowest BCUT2D eigenvalue weighted by Crippen LogP contribution is -2.34. The average molecular weight is 243 g/mol. The zero-order valence-corrected chi connectivity index (χ0v) is 9.30. The molecule has 1 fully saturated rings. The summed E-state index contributed by atoms with van der Waals surface area (Å²) in [7, 11) is 0. The van der Waals surface area contributed by atoms with Crippen molar-refractivity contribution in [1.29, 1.82) is 0 Å². The molecule has 1 aliphatic rings. The molecule has 0 aromatic heterocycles. The summed E-state index contributed by atoms with van der Waals surface area (Å²) < 4.78 is 13.2. The van der Waals surface area contributed by atoms with E-state index in [9.17, 15) is 9.18 Å². The number of hydrogen-bond donors (Lipinski definition) is 2. The fourth-order valence-electron chi connectivity index (χ4n) is 1.52. The van der Waals surface area contributed by atoms with Gasteiger partial charge in [-0.05, 0) is 30.5 Å². The first kappa shape index (κ1) is 11.4. The summed E-state index contributed by atoms with van der Waals surface area (Å²) in [6.07, 6.45) is 2.06. The molecule has 16 heavy (non-hydrogen) atoms. The first-order chi connectivity index (χ1) is 7.58. The van der Waals surface area contributed by atoms with Crippen molar-refractivity contribution in [1.82, 2.24) is 5.32 Å². The molecule has 0 bridgehead atoms. The fraction of sp³-hybridized carbons (Fsp3) is 0.364. The Kier molecular flexibility index (Phi) is 3.12. The van der Waals surface area contributed by atoms with Gasteiger partial charge in [0.2, 0.25) is 5.91 Å². The van der Waals surface area contributed by atoms with Crippen LogP contribution in [0.4, 0.5) is 4.39 Å². The number of amides is 1. The largest absolute Gasteiger partial charge is 0.368 e. The third kappa shape index (κ3) is 2.51. The number of carbonyl (C=O) groups excluding carboxylic acids is 1. The molecule has 86 valence electrons. The molecule has 0 radical (unpaired) electrons. The van der Waals surface area contributed by atoms with Crippen LogP contribution in [-0.2, 0) is 4.79 Å². The first-order valence-electron chi connectivity index (χ1n) is 5.08. The van der Waals surface area contributed by atoms with Crippen LogP contribution in [0.25, 0.3) is 0 Å². The zero-order valence-electron chi connectivity index (χ0n) is 8.54. The number of primary amides is 1. The van der Waals surface area contributed by atoms with E-state index >= 15 is 0 Å². The molecule has 1 aromatic carbocycles. The summed E-state index contributed by atoms with van der Waals surface area (Å²) in [6, 6.07) is 3.95. The number of nitrogens with one attached hydrogen (secondary N) is 1. The molecule has 1 aliphatic carbocycles. The first-order valence-corrected chi connectivity index (χ1v) is 5.46. The van der Waals surface area contributed by atoms with E-state index in [0.29, 0.717) is 11.6 Å². The molecule has 1 saturated carbocycles. The Morgan fingerprint density at radius 1 is 1.56 bits per heavy atom. The van der Waals surface area contributed by atoms with Crippen LogP contribution in [0.3, 0.4) is 0 Å². The number of halogens is 2. The zero-order chi connectivity index (χ0) is 11.7. The van der Waals surface area contributed by atoms with Gasteiger partial charge in [-0.3, -0.25) is 10.1 Å². The highest BCUT2D eigenvalue weighted by Crippen LogP contribution is 2.25. The van der Waals surface area contributed by atoms with E-state index in [4.69, 9.17) is 17.3 Å². The number of rotatable bonds is 4. The van der Waals surface area contributed by atoms with Gasteiger partial charge >= 0.3 is 0 Å². The van der Waals surface area contributed by atoms with Gasteiger partial charge in [-0.1, -0.05) is 17.7 Å². The number of benzene rings is 1. The SMILES string of the molecule is NC(=O)C(NC1CC1)c1ccc(Cl)c(F)c1. The highest BCUT2D eigenvalue weighted by molar-refractivity contribution is 6.30. The molecular weight excluding hydrogens is 231 g/mol. The third-order valence-electron chi connectivity index (χ3n) is 2.54. The van der Waals surface area contributed by atoms with Crippen molar-refractivity contribution in [2.75, 3.05) is 0 Å². The summed E-state index contributed by atoms with van der Waals surface area (Å²) in [6.45, 7) is 0. The van der Waals surface area contributed by atoms with Crippen LogP contribution in [0, 0.1) is 5.82 Å². The van der Waals surface area contributed by atoms with Crippen molar-refractivity contribution >= 4 is 17.5 Å². The molecule has 1 atom stereocenters. The maximum Gasteiger partial charge on any atom is 0.239 e. The summed E-state index contributed by atoms with van der Waals surface area (Å²) in [5, 5.41) is 3.11. The summed E-state index contributed by atoms with van der Waals surface area (Å²) in [5.41, 5.74) is 5.79. The quantitative estimate of drug-likeness (QED) is 0.845. The van der Waals surface area contributed by atoms with Crippen LogP contribution in [0.1, 0.15) is 24.4 Å². The lowest BCUT2D eigenvalue weighted by molar-refractivity contribution is -0.120. The smallest absolute Gasteiger partial charge is 0.239 e. The Labute approximate surface area is 97.8 Å². The molecule has 0 saturated heterocycles.